The monoisotopic (exact) mass is 557 g/mol. The van der Waals surface area contributed by atoms with Gasteiger partial charge in [0.05, 0.1) is 23.8 Å². The van der Waals surface area contributed by atoms with E-state index < -0.39 is 35.7 Å². The molecule has 1 fully saturated rings. The molecule has 0 saturated heterocycles. The molecule has 1 unspecified atom stereocenters. The molecule has 1 atom stereocenters. The number of hydrogen-bond acceptors (Lipinski definition) is 5. The summed E-state index contributed by atoms with van der Waals surface area (Å²) in [7, 11) is 0. The van der Waals surface area contributed by atoms with Crippen LogP contribution >= 0.6 is 0 Å². The molecule has 206 valence electrons. The van der Waals surface area contributed by atoms with Crippen LogP contribution in [0.25, 0.3) is 11.1 Å². The van der Waals surface area contributed by atoms with E-state index in [4.69, 9.17) is 4.74 Å². The minimum Gasteiger partial charge on any atom is -0.546 e. The third-order valence-electron chi connectivity index (χ3n) is 7.84. The molecule has 0 amide bonds. The van der Waals surface area contributed by atoms with Crippen molar-refractivity contribution in [3.63, 3.8) is 0 Å². The van der Waals surface area contributed by atoms with E-state index in [1.807, 2.05) is 19.1 Å². The molecule has 2 aliphatic rings. The number of halogens is 3. The van der Waals surface area contributed by atoms with Gasteiger partial charge in [0.15, 0.2) is 0 Å². The molecular weight excluding hydrogens is 527 g/mol. The van der Waals surface area contributed by atoms with E-state index in [1.165, 1.54) is 12.1 Å². The summed E-state index contributed by atoms with van der Waals surface area (Å²) in [6.45, 7) is 3.89. The van der Waals surface area contributed by atoms with Crippen molar-refractivity contribution in [3.8, 4) is 16.9 Å². The Kier molecular flexibility index (Phi) is 7.33. The number of aryl methyl sites for hydroxylation is 2. The summed E-state index contributed by atoms with van der Waals surface area (Å²) in [5.41, 5.74) is 4.58. The third-order valence-corrected chi connectivity index (χ3v) is 9.24. The molecule has 5 nitrogen and oxygen atoms in total. The van der Waals surface area contributed by atoms with E-state index in [0.29, 0.717) is 22.8 Å². The van der Waals surface area contributed by atoms with Crippen LogP contribution in [0, 0.1) is 13.8 Å². The summed E-state index contributed by atoms with van der Waals surface area (Å²) in [6.07, 6.45) is 0.911. The van der Waals surface area contributed by atoms with Gasteiger partial charge in [-0.15, -0.1) is 0 Å². The van der Waals surface area contributed by atoms with Gasteiger partial charge in [-0.05, 0) is 84.8 Å². The summed E-state index contributed by atoms with van der Waals surface area (Å²) in [5, 5.41) is 10.8. The first kappa shape index (κ1) is 27.4. The van der Waals surface area contributed by atoms with Gasteiger partial charge in [-0.25, -0.2) is 0 Å². The van der Waals surface area contributed by atoms with Crippen LogP contribution in [0.2, 0.25) is 0 Å². The van der Waals surface area contributed by atoms with Crippen LogP contribution in [0.5, 0.6) is 5.75 Å². The number of hydrogen-bond donors (Lipinski definition) is 1. The van der Waals surface area contributed by atoms with Crippen LogP contribution in [0.15, 0.2) is 59.5 Å². The van der Waals surface area contributed by atoms with Crippen LogP contribution < -0.4 is 14.1 Å². The molecule has 3 aromatic carbocycles. The molecule has 9 heteroatoms. The number of benzene rings is 3. The molecule has 39 heavy (non-hydrogen) atoms. The SMILES string of the molecule is Cc1cc([S+](O)N2CC3(CCCCC3)c3cc(-c4ccc(C(F)(F)F)cc4)cc(C)c32)ccc1OCC(=O)[O-]. The minimum atomic E-state index is -4.38. The van der Waals surface area contributed by atoms with Crippen LogP contribution in [-0.2, 0) is 27.7 Å². The summed E-state index contributed by atoms with van der Waals surface area (Å²) < 4.78 is 58.3. The Balaban J connectivity index is 1.52. The number of nitrogens with zero attached hydrogens (tertiary/aromatic N) is 1. The number of rotatable bonds is 6. The predicted molar refractivity (Wildman–Crippen MR) is 144 cm³/mol. The topological polar surface area (TPSA) is 72.8 Å². The quantitative estimate of drug-likeness (QED) is 0.365. The number of carbonyl (C=O) groups excluding carboxylic acids is 1. The maximum Gasteiger partial charge on any atom is 0.416 e. The Labute approximate surface area is 228 Å². The van der Waals surface area contributed by atoms with Gasteiger partial charge in [-0.2, -0.15) is 22.0 Å². The maximum atomic E-state index is 13.1. The lowest BCUT2D eigenvalue weighted by Gasteiger charge is -2.33. The number of anilines is 1. The van der Waals surface area contributed by atoms with Gasteiger partial charge < -0.3 is 14.6 Å². The number of ether oxygens (including phenoxy) is 1. The zero-order valence-electron chi connectivity index (χ0n) is 21.8. The Morgan fingerprint density at radius 3 is 2.31 bits per heavy atom. The molecule has 5 rings (SSSR count). The lowest BCUT2D eigenvalue weighted by atomic mass is 9.70. The molecule has 0 radical (unpaired) electrons. The van der Waals surface area contributed by atoms with Crippen molar-refractivity contribution in [1.29, 1.82) is 0 Å². The van der Waals surface area contributed by atoms with Gasteiger partial charge in [0, 0.05) is 17.5 Å². The first-order chi connectivity index (χ1) is 18.5. The number of carboxylic acids is 1. The zero-order chi connectivity index (χ0) is 27.9. The number of alkyl halides is 3. The largest absolute Gasteiger partial charge is 0.546 e. The van der Waals surface area contributed by atoms with Gasteiger partial charge in [-0.3, -0.25) is 0 Å². The number of carbonyl (C=O) groups is 1. The molecule has 1 aliphatic carbocycles. The third kappa shape index (κ3) is 5.34. The number of fused-ring (bicyclic) bond motifs is 2. The fraction of sp³-hybridized carbons (Fsp3) is 0.367. The van der Waals surface area contributed by atoms with E-state index in [-0.39, 0.29) is 5.41 Å². The van der Waals surface area contributed by atoms with Crippen molar-refractivity contribution in [2.45, 2.75) is 62.4 Å². The molecule has 0 bridgehead atoms. The second-order valence-corrected chi connectivity index (χ2v) is 11.9. The van der Waals surface area contributed by atoms with Crippen molar-refractivity contribution in [2.24, 2.45) is 0 Å². The number of carboxylic acid groups (broad SMARTS) is 1. The van der Waals surface area contributed by atoms with Crippen molar-refractivity contribution in [2.75, 3.05) is 17.5 Å². The molecule has 1 saturated carbocycles. The van der Waals surface area contributed by atoms with Crippen molar-refractivity contribution < 1.29 is 32.4 Å². The van der Waals surface area contributed by atoms with Crippen molar-refractivity contribution in [3.05, 3.63) is 76.9 Å². The highest BCUT2D eigenvalue weighted by molar-refractivity contribution is 7.93. The molecule has 1 aliphatic heterocycles. The zero-order valence-corrected chi connectivity index (χ0v) is 22.6. The van der Waals surface area contributed by atoms with Gasteiger partial charge in [-0.1, -0.05) is 31.4 Å². The first-order valence-corrected chi connectivity index (χ1v) is 14.1. The van der Waals surface area contributed by atoms with Crippen LogP contribution in [0.1, 0.15) is 54.4 Å². The molecular formula is C30H30F3NO4S. The summed E-state index contributed by atoms with van der Waals surface area (Å²) in [6, 6.07) is 14.6. The van der Waals surface area contributed by atoms with Crippen LogP contribution in [0.3, 0.4) is 0 Å². The van der Waals surface area contributed by atoms with Crippen LogP contribution in [0.4, 0.5) is 18.9 Å². The standard InChI is InChI=1S/C30H30F3NO4S/c1-19-15-24(10-11-26(19)38-17-27(35)36)39(37)34-18-29(12-4-3-5-13-29)25-16-22(14-20(2)28(25)34)21-6-8-23(9-7-21)30(31,32)33/h6-11,14-16,37H,3-5,12-13,17-18H2,1-2H3. The van der Waals surface area contributed by atoms with E-state index in [2.05, 4.69) is 10.4 Å². The van der Waals surface area contributed by atoms with Gasteiger partial charge in [0.1, 0.15) is 12.4 Å². The smallest absolute Gasteiger partial charge is 0.416 e. The maximum absolute atomic E-state index is 13.1. The fourth-order valence-corrected chi connectivity index (χ4v) is 7.45. The van der Waals surface area contributed by atoms with E-state index in [0.717, 1.165) is 72.2 Å². The minimum absolute atomic E-state index is 0.138. The highest BCUT2D eigenvalue weighted by Gasteiger charge is 2.51. The van der Waals surface area contributed by atoms with E-state index >= 15 is 0 Å². The summed E-state index contributed by atoms with van der Waals surface area (Å²) in [4.78, 5) is 11.5. The lowest BCUT2D eigenvalue weighted by molar-refractivity contribution is -0.307. The molecule has 1 heterocycles. The Morgan fingerprint density at radius 1 is 1.00 bits per heavy atom. The van der Waals surface area contributed by atoms with Gasteiger partial charge >= 0.3 is 17.5 Å². The Bertz CT molecular complexity index is 1380. The molecule has 3 aromatic rings. The second-order valence-electron chi connectivity index (χ2n) is 10.5. The normalized spacial score (nSPS) is 17.2. The Hall–Kier alpha value is -3.17. The lowest BCUT2D eigenvalue weighted by Crippen LogP contribution is -2.38. The van der Waals surface area contributed by atoms with E-state index in [9.17, 15) is 27.6 Å². The molecule has 1 N–H and O–H groups in total. The second kappa shape index (κ2) is 10.4. The average Bonchev–Trinajstić information content (AvgIpc) is 3.21. The highest BCUT2D eigenvalue weighted by atomic mass is 32.2. The van der Waals surface area contributed by atoms with Gasteiger partial charge in [0.2, 0.25) is 4.90 Å². The molecule has 1 spiro atoms. The average molecular weight is 558 g/mol. The number of aliphatic carboxylic acids is 1. The Morgan fingerprint density at radius 2 is 1.69 bits per heavy atom. The van der Waals surface area contributed by atoms with E-state index in [1.54, 1.807) is 19.1 Å². The highest BCUT2D eigenvalue weighted by Crippen LogP contribution is 2.53. The molecule has 0 aromatic heterocycles. The fourth-order valence-electron chi connectivity index (χ4n) is 5.94. The first-order valence-electron chi connectivity index (χ1n) is 13.0. The predicted octanol–water partition coefficient (Wildman–Crippen LogP) is 6.21. The summed E-state index contributed by atoms with van der Waals surface area (Å²) >= 11 is -1.28. The van der Waals surface area contributed by atoms with Crippen molar-refractivity contribution >= 4 is 23.0 Å². The van der Waals surface area contributed by atoms with Gasteiger partial charge in [0.25, 0.3) is 0 Å². The van der Waals surface area contributed by atoms with Crippen molar-refractivity contribution in [1.82, 2.24) is 0 Å². The summed E-state index contributed by atoms with van der Waals surface area (Å²) in [5.74, 6) is -0.888. The van der Waals surface area contributed by atoms with Crippen LogP contribution in [-0.4, -0.2) is 23.7 Å².